The maximum Gasteiger partial charge on any atom is 0.199 e. The molecule has 2 fully saturated rings. The van der Waals surface area contributed by atoms with E-state index < -0.39 is 0 Å². The van der Waals surface area contributed by atoms with Crippen LogP contribution in [0.4, 0.5) is 0 Å². The molecule has 0 radical (unpaired) electrons. The Labute approximate surface area is 213 Å². The predicted molar refractivity (Wildman–Crippen MR) is 142 cm³/mol. The first kappa shape index (κ1) is 26.3. The minimum atomic E-state index is -0.0536. The van der Waals surface area contributed by atoms with Gasteiger partial charge >= 0.3 is 0 Å². The predicted octanol–water partition coefficient (Wildman–Crippen LogP) is 8.04. The van der Waals surface area contributed by atoms with Crippen LogP contribution in [0.25, 0.3) is 0 Å². The van der Waals surface area contributed by atoms with Gasteiger partial charge in [0.25, 0.3) is 0 Å². The summed E-state index contributed by atoms with van der Waals surface area (Å²) in [5, 5.41) is 0. The molecule has 0 aliphatic carbocycles. The van der Waals surface area contributed by atoms with Gasteiger partial charge in [0, 0.05) is 12.8 Å². The molecule has 2 saturated heterocycles. The van der Waals surface area contributed by atoms with Crippen LogP contribution in [0.1, 0.15) is 89.2 Å². The molecule has 33 heavy (non-hydrogen) atoms. The topological polar surface area (TPSA) is 36.9 Å². The smallest absolute Gasteiger partial charge is 0.199 e. The summed E-state index contributed by atoms with van der Waals surface area (Å²) >= 11 is 2.33. The molecular formula is C28H39IO4. The van der Waals surface area contributed by atoms with Crippen molar-refractivity contribution in [3.63, 3.8) is 0 Å². The van der Waals surface area contributed by atoms with Gasteiger partial charge in [-0.2, -0.15) is 0 Å². The average Bonchev–Trinajstić information content (AvgIpc) is 2.82. The average molecular weight is 567 g/mol. The molecule has 0 saturated carbocycles. The lowest BCUT2D eigenvalue weighted by molar-refractivity contribution is -0.106. The second-order valence-electron chi connectivity index (χ2n) is 9.40. The van der Waals surface area contributed by atoms with Crippen molar-refractivity contribution in [2.24, 2.45) is 0 Å². The van der Waals surface area contributed by atoms with Crippen LogP contribution in [0.2, 0.25) is 0 Å². The zero-order valence-electron chi connectivity index (χ0n) is 20.5. The summed E-state index contributed by atoms with van der Waals surface area (Å²) in [5.74, 6) is 2.99. The molecule has 0 spiro atoms. The van der Waals surface area contributed by atoms with Gasteiger partial charge in [-0.1, -0.05) is 45.9 Å². The Hall–Kier alpha value is -1.31. The fourth-order valence-corrected chi connectivity index (χ4v) is 4.47. The molecule has 2 aliphatic heterocycles. The van der Waals surface area contributed by atoms with Crippen molar-refractivity contribution in [1.82, 2.24) is 0 Å². The maximum atomic E-state index is 5.89. The third-order valence-electron chi connectivity index (χ3n) is 5.97. The molecule has 4 rings (SSSR count). The summed E-state index contributed by atoms with van der Waals surface area (Å²) in [6.07, 6.45) is 6.63. The number of rotatable bonds is 6. The summed E-state index contributed by atoms with van der Waals surface area (Å²) in [7, 11) is 0. The molecule has 2 aliphatic rings. The van der Waals surface area contributed by atoms with Crippen LogP contribution in [0.15, 0.2) is 42.5 Å². The first-order valence-electron chi connectivity index (χ1n) is 12.4. The first-order chi connectivity index (χ1) is 15.9. The standard InChI is InChI=1S/C14H19IO2.C14H20O2/c1-10(2)11-6-7-13(12(15)9-11)17-14-5-3-4-8-16-14;1-11(2)12-6-8-13(9-7-12)16-14-5-3-4-10-15-14/h6-7,9-10,14H,3-5,8H2,1-2H3;6-9,11,14H,3-5,10H2,1-2H3. The van der Waals surface area contributed by atoms with E-state index in [0.29, 0.717) is 11.8 Å². The SMILES string of the molecule is CC(C)c1ccc(OC2CCCCO2)c(I)c1.CC(C)c1ccc(OC2CCCCO2)cc1. The molecule has 4 nitrogen and oxygen atoms in total. The van der Waals surface area contributed by atoms with Gasteiger partial charge in [-0.05, 0) is 95.5 Å². The molecule has 0 bridgehead atoms. The lowest BCUT2D eigenvalue weighted by atomic mass is 10.0. The number of hydrogen-bond acceptors (Lipinski definition) is 4. The largest absolute Gasteiger partial charge is 0.465 e. The van der Waals surface area contributed by atoms with Crippen molar-refractivity contribution in [3.05, 3.63) is 57.2 Å². The van der Waals surface area contributed by atoms with Crippen molar-refractivity contribution in [2.45, 2.75) is 90.6 Å². The van der Waals surface area contributed by atoms with Crippen LogP contribution in [-0.2, 0) is 9.47 Å². The van der Waals surface area contributed by atoms with Crippen molar-refractivity contribution in [2.75, 3.05) is 13.2 Å². The van der Waals surface area contributed by atoms with Gasteiger partial charge in [0.1, 0.15) is 11.5 Å². The molecule has 5 heteroatoms. The third-order valence-corrected chi connectivity index (χ3v) is 6.81. The zero-order valence-corrected chi connectivity index (χ0v) is 22.7. The number of benzene rings is 2. The molecule has 2 unspecified atom stereocenters. The fourth-order valence-electron chi connectivity index (χ4n) is 3.80. The summed E-state index contributed by atoms with van der Waals surface area (Å²) in [5.41, 5.74) is 2.70. The highest BCUT2D eigenvalue weighted by molar-refractivity contribution is 14.1. The van der Waals surface area contributed by atoms with Gasteiger partial charge in [0.05, 0.1) is 16.8 Å². The number of ether oxygens (including phenoxy) is 4. The summed E-state index contributed by atoms with van der Waals surface area (Å²) in [6.45, 7) is 10.5. The van der Waals surface area contributed by atoms with E-state index in [1.54, 1.807) is 0 Å². The van der Waals surface area contributed by atoms with E-state index in [1.807, 2.05) is 12.1 Å². The van der Waals surface area contributed by atoms with Gasteiger partial charge in [-0.15, -0.1) is 0 Å². The molecule has 0 amide bonds. The van der Waals surface area contributed by atoms with Gasteiger partial charge in [-0.25, -0.2) is 0 Å². The Morgan fingerprint density at radius 3 is 1.76 bits per heavy atom. The Balaban J connectivity index is 0.000000186. The van der Waals surface area contributed by atoms with E-state index in [9.17, 15) is 0 Å². The normalized spacial score (nSPS) is 20.8. The van der Waals surface area contributed by atoms with Crippen molar-refractivity contribution in [3.8, 4) is 11.5 Å². The highest BCUT2D eigenvalue weighted by Gasteiger charge is 2.17. The molecule has 2 heterocycles. The molecule has 0 N–H and O–H groups in total. The molecule has 2 aromatic rings. The van der Waals surface area contributed by atoms with E-state index >= 15 is 0 Å². The Kier molecular flexibility index (Phi) is 10.8. The quantitative estimate of drug-likeness (QED) is 0.332. The highest BCUT2D eigenvalue weighted by Crippen LogP contribution is 2.28. The van der Waals surface area contributed by atoms with Crippen molar-refractivity contribution in [1.29, 1.82) is 0 Å². The lowest BCUT2D eigenvalue weighted by Crippen LogP contribution is -2.25. The van der Waals surface area contributed by atoms with E-state index in [1.165, 1.54) is 27.5 Å². The zero-order chi connectivity index (χ0) is 23.6. The van der Waals surface area contributed by atoms with Crippen LogP contribution in [-0.4, -0.2) is 25.8 Å². The van der Waals surface area contributed by atoms with E-state index in [4.69, 9.17) is 18.9 Å². The summed E-state index contributed by atoms with van der Waals surface area (Å²) < 4.78 is 24.0. The van der Waals surface area contributed by atoms with E-state index in [0.717, 1.165) is 50.4 Å². The Morgan fingerprint density at radius 2 is 1.27 bits per heavy atom. The molecule has 0 aromatic heterocycles. The molecular weight excluding hydrogens is 527 g/mol. The van der Waals surface area contributed by atoms with Crippen LogP contribution < -0.4 is 9.47 Å². The van der Waals surface area contributed by atoms with Gasteiger partial charge in [0.2, 0.25) is 0 Å². The minimum absolute atomic E-state index is 0.0429. The van der Waals surface area contributed by atoms with Crippen molar-refractivity contribution >= 4 is 22.6 Å². The molecule has 2 aromatic carbocycles. The van der Waals surface area contributed by atoms with E-state index in [2.05, 4.69) is 80.6 Å². The number of halogens is 1. The van der Waals surface area contributed by atoms with Crippen molar-refractivity contribution < 1.29 is 18.9 Å². The minimum Gasteiger partial charge on any atom is -0.465 e. The van der Waals surface area contributed by atoms with Crippen LogP contribution >= 0.6 is 22.6 Å². The van der Waals surface area contributed by atoms with E-state index in [-0.39, 0.29) is 12.6 Å². The molecule has 2 atom stereocenters. The van der Waals surface area contributed by atoms with Crippen LogP contribution in [0, 0.1) is 3.57 Å². The van der Waals surface area contributed by atoms with Gasteiger partial charge < -0.3 is 18.9 Å². The third kappa shape index (κ3) is 8.76. The number of hydrogen-bond donors (Lipinski definition) is 0. The second kappa shape index (κ2) is 13.5. The highest BCUT2D eigenvalue weighted by atomic mass is 127. The molecule has 182 valence electrons. The summed E-state index contributed by atoms with van der Waals surface area (Å²) in [4.78, 5) is 0. The maximum absolute atomic E-state index is 5.89. The monoisotopic (exact) mass is 566 g/mol. The van der Waals surface area contributed by atoms with Crippen LogP contribution in [0.5, 0.6) is 11.5 Å². The van der Waals surface area contributed by atoms with Gasteiger partial charge in [0.15, 0.2) is 12.6 Å². The second-order valence-corrected chi connectivity index (χ2v) is 10.6. The Morgan fingerprint density at radius 1 is 0.727 bits per heavy atom. The Bertz CT molecular complexity index is 822. The summed E-state index contributed by atoms with van der Waals surface area (Å²) in [6, 6.07) is 14.7. The first-order valence-corrected chi connectivity index (χ1v) is 13.5. The lowest BCUT2D eigenvalue weighted by Gasteiger charge is -2.24. The van der Waals surface area contributed by atoms with Gasteiger partial charge in [-0.3, -0.25) is 0 Å². The van der Waals surface area contributed by atoms with Crippen LogP contribution in [0.3, 0.4) is 0 Å². The fraction of sp³-hybridized carbons (Fsp3) is 0.571.